The number of thiophene rings is 1. The van der Waals surface area contributed by atoms with Crippen LogP contribution in [0.2, 0.25) is 0 Å². The molecule has 1 heterocycles. The largest absolute Gasteiger partial charge is 0.387 e. The molecule has 0 fully saturated rings. The first-order valence-corrected chi connectivity index (χ1v) is 8.67. The number of benzene rings is 2. The Bertz CT molecular complexity index is 846. The van der Waals surface area contributed by atoms with Gasteiger partial charge in [-0.1, -0.05) is 36.4 Å². The van der Waals surface area contributed by atoms with Crippen molar-refractivity contribution in [3.05, 3.63) is 70.9 Å². The van der Waals surface area contributed by atoms with E-state index >= 15 is 0 Å². The van der Waals surface area contributed by atoms with Gasteiger partial charge in [0, 0.05) is 23.2 Å². The third kappa shape index (κ3) is 3.80. The predicted octanol–water partition coefficient (Wildman–Crippen LogP) is 3.82. The summed E-state index contributed by atoms with van der Waals surface area (Å²) in [5, 5.41) is 16.0. The summed E-state index contributed by atoms with van der Waals surface area (Å²) in [6.07, 6.45) is -0.216. The third-order valence-corrected chi connectivity index (χ3v) is 4.92. The molecular formula is C19H18FNO2S. The highest BCUT2D eigenvalue weighted by molar-refractivity contribution is 7.17. The normalized spacial score (nSPS) is 12.2. The Hall–Kier alpha value is -2.24. The first kappa shape index (κ1) is 16.6. The number of amides is 1. The van der Waals surface area contributed by atoms with Gasteiger partial charge in [-0.05, 0) is 34.9 Å². The van der Waals surface area contributed by atoms with Gasteiger partial charge in [-0.3, -0.25) is 4.79 Å². The van der Waals surface area contributed by atoms with Crippen molar-refractivity contribution in [2.75, 3.05) is 6.54 Å². The molecule has 0 aliphatic heterocycles. The second kappa shape index (κ2) is 7.55. The number of aryl methyl sites for hydroxylation is 1. The van der Waals surface area contributed by atoms with Crippen molar-refractivity contribution in [3.63, 3.8) is 0 Å². The summed E-state index contributed by atoms with van der Waals surface area (Å²) in [7, 11) is 0. The van der Waals surface area contributed by atoms with E-state index < -0.39 is 6.10 Å². The Balaban J connectivity index is 1.53. The lowest BCUT2D eigenvalue weighted by molar-refractivity contribution is -0.121. The van der Waals surface area contributed by atoms with Crippen LogP contribution in [0.1, 0.15) is 23.7 Å². The number of nitrogens with one attached hydrogen (secondary N) is 1. The van der Waals surface area contributed by atoms with Crippen molar-refractivity contribution in [1.82, 2.24) is 5.32 Å². The van der Waals surface area contributed by atoms with Gasteiger partial charge in [-0.15, -0.1) is 11.3 Å². The van der Waals surface area contributed by atoms with Crippen molar-refractivity contribution in [1.29, 1.82) is 0 Å². The number of rotatable bonds is 6. The van der Waals surface area contributed by atoms with Gasteiger partial charge < -0.3 is 10.4 Å². The molecule has 0 radical (unpaired) electrons. The van der Waals surface area contributed by atoms with Gasteiger partial charge in [0.2, 0.25) is 5.91 Å². The molecule has 2 aromatic carbocycles. The zero-order valence-electron chi connectivity index (χ0n) is 13.0. The van der Waals surface area contributed by atoms with Gasteiger partial charge in [-0.25, -0.2) is 4.39 Å². The fourth-order valence-corrected chi connectivity index (χ4v) is 3.62. The molecule has 3 nitrogen and oxygen atoms in total. The van der Waals surface area contributed by atoms with Gasteiger partial charge in [0.05, 0.1) is 6.10 Å². The molecule has 0 bridgehead atoms. The van der Waals surface area contributed by atoms with Crippen molar-refractivity contribution >= 4 is 27.3 Å². The molecule has 1 amide bonds. The van der Waals surface area contributed by atoms with Crippen molar-refractivity contribution in [2.24, 2.45) is 0 Å². The lowest BCUT2D eigenvalue weighted by Gasteiger charge is -2.11. The summed E-state index contributed by atoms with van der Waals surface area (Å²) in [4.78, 5) is 11.9. The molecule has 0 saturated heterocycles. The highest BCUT2D eigenvalue weighted by Gasteiger charge is 2.14. The topological polar surface area (TPSA) is 49.3 Å². The molecule has 3 aromatic rings. The maximum absolute atomic E-state index is 13.5. The lowest BCUT2D eigenvalue weighted by atomic mass is 10.1. The number of hydrogen-bond acceptors (Lipinski definition) is 3. The summed E-state index contributed by atoms with van der Waals surface area (Å²) in [6, 6.07) is 14.3. The predicted molar refractivity (Wildman–Crippen MR) is 94.5 cm³/mol. The van der Waals surface area contributed by atoms with Crippen LogP contribution in [0.5, 0.6) is 0 Å². The average Bonchev–Trinajstić information content (AvgIpc) is 3.03. The number of hydrogen-bond donors (Lipinski definition) is 2. The molecule has 1 atom stereocenters. The molecule has 0 aliphatic carbocycles. The molecule has 0 saturated carbocycles. The number of carbonyl (C=O) groups is 1. The van der Waals surface area contributed by atoms with E-state index in [0.29, 0.717) is 12.0 Å². The Morgan fingerprint density at radius 2 is 1.92 bits per heavy atom. The molecule has 1 aromatic heterocycles. The van der Waals surface area contributed by atoms with Crippen LogP contribution in [0.3, 0.4) is 0 Å². The minimum atomic E-state index is -0.751. The van der Waals surface area contributed by atoms with Gasteiger partial charge in [0.15, 0.2) is 0 Å². The summed E-state index contributed by atoms with van der Waals surface area (Å²) in [6.45, 7) is 0.150. The monoisotopic (exact) mass is 343 g/mol. The maximum atomic E-state index is 13.5. The molecule has 124 valence electrons. The second-order valence-electron chi connectivity index (χ2n) is 5.60. The second-order valence-corrected chi connectivity index (χ2v) is 6.51. The molecule has 2 N–H and O–H groups in total. The van der Waals surface area contributed by atoms with E-state index in [1.54, 1.807) is 29.5 Å². The van der Waals surface area contributed by atoms with Crippen LogP contribution in [-0.2, 0) is 11.2 Å². The molecule has 0 spiro atoms. The standard InChI is InChI=1S/C19H18FNO2S/c20-16-7-3-1-5-13(16)9-10-19(23)21-11-17(22)15-12-24-18-8-4-2-6-14(15)18/h1-8,12,17,22H,9-11H2,(H,21,23)/t17-/m1/s1. The maximum Gasteiger partial charge on any atom is 0.220 e. The number of fused-ring (bicyclic) bond motifs is 1. The van der Waals surface area contributed by atoms with E-state index in [2.05, 4.69) is 5.32 Å². The Labute approximate surface area is 143 Å². The van der Waals surface area contributed by atoms with Crippen molar-refractivity contribution < 1.29 is 14.3 Å². The summed E-state index contributed by atoms with van der Waals surface area (Å²) >= 11 is 1.57. The lowest BCUT2D eigenvalue weighted by Crippen LogP contribution is -2.28. The summed E-state index contributed by atoms with van der Waals surface area (Å²) < 4.78 is 14.6. The van der Waals surface area contributed by atoms with Gasteiger partial charge in [-0.2, -0.15) is 0 Å². The highest BCUT2D eigenvalue weighted by Crippen LogP contribution is 2.29. The van der Waals surface area contributed by atoms with Crippen molar-refractivity contribution in [3.8, 4) is 0 Å². The first-order chi connectivity index (χ1) is 11.6. The Kier molecular flexibility index (Phi) is 5.23. The fraction of sp³-hybridized carbons (Fsp3) is 0.211. The van der Waals surface area contributed by atoms with Gasteiger partial charge >= 0.3 is 0 Å². The SMILES string of the molecule is O=C(CCc1ccccc1F)NC[C@@H](O)c1csc2ccccc12. The third-order valence-electron chi connectivity index (χ3n) is 3.94. The molecule has 24 heavy (non-hydrogen) atoms. The van der Waals surface area contributed by atoms with Crippen LogP contribution in [0.4, 0.5) is 4.39 Å². The zero-order chi connectivity index (χ0) is 16.9. The van der Waals surface area contributed by atoms with E-state index in [1.165, 1.54) is 6.07 Å². The van der Waals surface area contributed by atoms with E-state index in [9.17, 15) is 14.3 Å². The van der Waals surface area contributed by atoms with E-state index in [-0.39, 0.29) is 24.7 Å². The molecule has 0 unspecified atom stereocenters. The summed E-state index contributed by atoms with van der Waals surface area (Å²) in [5.74, 6) is -0.494. The molecule has 5 heteroatoms. The van der Waals surface area contributed by atoms with Crippen molar-refractivity contribution in [2.45, 2.75) is 18.9 Å². The van der Waals surface area contributed by atoms with Crippen LogP contribution in [0.25, 0.3) is 10.1 Å². The molecule has 0 aliphatic rings. The average molecular weight is 343 g/mol. The van der Waals surface area contributed by atoms with E-state index in [4.69, 9.17) is 0 Å². The quantitative estimate of drug-likeness (QED) is 0.715. The minimum absolute atomic E-state index is 0.150. The van der Waals surface area contributed by atoms with Crippen LogP contribution < -0.4 is 5.32 Å². The number of aliphatic hydroxyl groups is 1. The van der Waals surface area contributed by atoms with E-state index in [0.717, 1.165) is 15.6 Å². The number of aliphatic hydroxyl groups excluding tert-OH is 1. The molecular weight excluding hydrogens is 325 g/mol. The van der Waals surface area contributed by atoms with E-state index in [1.807, 2.05) is 29.6 Å². The number of halogens is 1. The van der Waals surface area contributed by atoms with Gasteiger partial charge in [0.1, 0.15) is 5.82 Å². The number of carbonyl (C=O) groups excluding carboxylic acids is 1. The fourth-order valence-electron chi connectivity index (χ4n) is 2.61. The van der Waals surface area contributed by atoms with Crippen LogP contribution in [0, 0.1) is 5.82 Å². The smallest absolute Gasteiger partial charge is 0.220 e. The zero-order valence-corrected chi connectivity index (χ0v) is 13.9. The Morgan fingerprint density at radius 3 is 2.75 bits per heavy atom. The first-order valence-electron chi connectivity index (χ1n) is 7.79. The van der Waals surface area contributed by atoms with Gasteiger partial charge in [0.25, 0.3) is 0 Å². The minimum Gasteiger partial charge on any atom is -0.387 e. The van der Waals surface area contributed by atoms with Crippen LogP contribution in [0.15, 0.2) is 53.9 Å². The Morgan fingerprint density at radius 1 is 1.17 bits per heavy atom. The van der Waals surface area contributed by atoms with Crippen LogP contribution in [-0.4, -0.2) is 17.6 Å². The summed E-state index contributed by atoms with van der Waals surface area (Å²) in [5.41, 5.74) is 1.35. The van der Waals surface area contributed by atoms with Crippen LogP contribution >= 0.6 is 11.3 Å². The molecule has 3 rings (SSSR count). The highest BCUT2D eigenvalue weighted by atomic mass is 32.1.